The molecule has 0 N–H and O–H groups in total. The maximum atomic E-state index is 12.6. The van der Waals surface area contributed by atoms with Crippen molar-refractivity contribution in [3.8, 4) is 0 Å². The van der Waals surface area contributed by atoms with Crippen LogP contribution in [0.2, 0.25) is 0 Å². The Balaban J connectivity index is 2.83. The van der Waals surface area contributed by atoms with Gasteiger partial charge in [-0.1, -0.05) is 31.4 Å². The summed E-state index contributed by atoms with van der Waals surface area (Å²) in [5.74, 6) is -2.91. The molecule has 1 aliphatic rings. The highest BCUT2D eigenvalue weighted by Crippen LogP contribution is 2.41. The van der Waals surface area contributed by atoms with Crippen LogP contribution < -0.4 is 0 Å². The molecule has 0 radical (unpaired) electrons. The van der Waals surface area contributed by atoms with Crippen molar-refractivity contribution in [1.82, 2.24) is 0 Å². The minimum atomic E-state index is -1.24. The molecule has 0 spiro atoms. The van der Waals surface area contributed by atoms with E-state index < -0.39 is 35.9 Å². The van der Waals surface area contributed by atoms with E-state index in [1.807, 2.05) is 13.0 Å². The Morgan fingerprint density at radius 3 is 2.22 bits per heavy atom. The Labute approximate surface area is 217 Å². The topological polar surface area (TPSA) is 81.7 Å². The summed E-state index contributed by atoms with van der Waals surface area (Å²) in [4.78, 5) is 12.6. The molecule has 1 heterocycles. The molecular weight excluding hydrogens is 464 g/mol. The summed E-state index contributed by atoms with van der Waals surface area (Å²) in [5, 5.41) is 0. The zero-order valence-corrected chi connectivity index (χ0v) is 23.2. The molecule has 8 heteroatoms. The Morgan fingerprint density at radius 1 is 0.972 bits per heavy atom. The van der Waals surface area contributed by atoms with E-state index in [4.69, 9.17) is 33.2 Å². The number of carbonyl (C=O) groups excluding carboxylic acids is 1. The van der Waals surface area contributed by atoms with E-state index in [1.54, 1.807) is 33.1 Å². The van der Waals surface area contributed by atoms with Gasteiger partial charge in [-0.3, -0.25) is 0 Å². The van der Waals surface area contributed by atoms with Crippen LogP contribution in [-0.2, 0) is 38.0 Å². The number of carbonyl (C=O) groups is 1. The van der Waals surface area contributed by atoms with Gasteiger partial charge in [-0.25, -0.2) is 4.79 Å². The lowest BCUT2D eigenvalue weighted by atomic mass is 9.98. The predicted octanol–water partition coefficient (Wildman–Crippen LogP) is 5.47. The van der Waals surface area contributed by atoms with Gasteiger partial charge in [-0.05, 0) is 59.0 Å². The predicted molar refractivity (Wildman–Crippen MR) is 139 cm³/mol. The van der Waals surface area contributed by atoms with Crippen molar-refractivity contribution in [3.63, 3.8) is 0 Å². The van der Waals surface area contributed by atoms with Gasteiger partial charge in [0.2, 0.25) is 11.6 Å². The molecule has 6 atom stereocenters. The van der Waals surface area contributed by atoms with Gasteiger partial charge in [-0.2, -0.15) is 0 Å². The number of hydrogen-bond donors (Lipinski definition) is 0. The zero-order chi connectivity index (χ0) is 27.0. The van der Waals surface area contributed by atoms with E-state index in [0.29, 0.717) is 6.42 Å². The third-order valence-corrected chi connectivity index (χ3v) is 6.57. The molecule has 36 heavy (non-hydrogen) atoms. The number of ether oxygens (including phenoxy) is 7. The minimum absolute atomic E-state index is 0.0633. The Morgan fingerprint density at radius 2 is 1.61 bits per heavy atom. The Kier molecular flexibility index (Phi) is 15.4. The lowest BCUT2D eigenvalue weighted by Crippen LogP contribution is -2.66. The molecule has 0 aromatic heterocycles. The van der Waals surface area contributed by atoms with Crippen molar-refractivity contribution in [2.75, 3.05) is 28.1 Å². The molecule has 0 aliphatic carbocycles. The van der Waals surface area contributed by atoms with E-state index >= 15 is 0 Å². The van der Waals surface area contributed by atoms with Crippen LogP contribution in [0.15, 0.2) is 37.5 Å². The average Bonchev–Trinajstić information content (AvgIpc) is 2.86. The van der Waals surface area contributed by atoms with Crippen LogP contribution in [0.3, 0.4) is 0 Å². The second-order valence-corrected chi connectivity index (χ2v) is 9.34. The molecule has 0 unspecified atom stereocenters. The molecule has 0 aromatic rings. The normalized spacial score (nSPS) is 28.1. The first-order valence-electron chi connectivity index (χ1n) is 12.9. The smallest absolute Gasteiger partial charge is 0.330 e. The van der Waals surface area contributed by atoms with Gasteiger partial charge in [0.25, 0.3) is 0 Å². The highest BCUT2D eigenvalue weighted by molar-refractivity contribution is 5.82. The third-order valence-electron chi connectivity index (χ3n) is 6.57. The lowest BCUT2D eigenvalue weighted by molar-refractivity contribution is -0.449. The fourth-order valence-corrected chi connectivity index (χ4v) is 4.11. The molecule has 0 saturated carbocycles. The number of unbranched alkanes of at least 4 members (excludes halogenated alkanes) is 5. The van der Waals surface area contributed by atoms with E-state index in [1.165, 1.54) is 39.6 Å². The Hall–Kier alpha value is -1.55. The first kappa shape index (κ1) is 32.5. The summed E-state index contributed by atoms with van der Waals surface area (Å²) >= 11 is 0. The van der Waals surface area contributed by atoms with Gasteiger partial charge in [0, 0.05) is 27.4 Å². The fourth-order valence-electron chi connectivity index (χ4n) is 4.11. The van der Waals surface area contributed by atoms with Crippen LogP contribution in [0.25, 0.3) is 0 Å². The number of rotatable bonds is 19. The van der Waals surface area contributed by atoms with Crippen LogP contribution >= 0.6 is 0 Å². The third kappa shape index (κ3) is 10.1. The maximum Gasteiger partial charge on any atom is 0.330 e. The van der Waals surface area contributed by atoms with Crippen LogP contribution in [0.1, 0.15) is 72.1 Å². The number of allylic oxidation sites excluding steroid dienone is 1. The van der Waals surface area contributed by atoms with Gasteiger partial charge < -0.3 is 33.2 Å². The molecule has 8 nitrogen and oxygen atoms in total. The quantitative estimate of drug-likeness (QED) is 0.0741. The van der Waals surface area contributed by atoms with Crippen molar-refractivity contribution >= 4 is 5.97 Å². The van der Waals surface area contributed by atoms with Crippen LogP contribution in [0, 0.1) is 0 Å². The first-order valence-corrected chi connectivity index (χ1v) is 12.9. The highest BCUT2D eigenvalue weighted by Gasteiger charge is 2.57. The van der Waals surface area contributed by atoms with Gasteiger partial charge in [0.15, 0.2) is 0 Å². The number of methoxy groups -OCH3 is 3. The highest BCUT2D eigenvalue weighted by atomic mass is 16.8. The van der Waals surface area contributed by atoms with Crippen LogP contribution in [-0.4, -0.2) is 70.1 Å². The monoisotopic (exact) mass is 512 g/mol. The summed E-state index contributed by atoms with van der Waals surface area (Å²) in [6.45, 7) is 13.0. The number of esters is 1. The lowest BCUT2D eigenvalue weighted by Gasteiger charge is -2.52. The van der Waals surface area contributed by atoms with E-state index in [-0.39, 0.29) is 12.9 Å². The van der Waals surface area contributed by atoms with Gasteiger partial charge >= 0.3 is 5.97 Å². The van der Waals surface area contributed by atoms with E-state index in [2.05, 4.69) is 13.2 Å². The average molecular weight is 513 g/mol. The summed E-state index contributed by atoms with van der Waals surface area (Å²) in [6, 6.07) is 0. The van der Waals surface area contributed by atoms with Gasteiger partial charge in [0.1, 0.15) is 19.0 Å². The summed E-state index contributed by atoms with van der Waals surface area (Å²) < 4.78 is 40.4. The number of hydrogen-bond acceptors (Lipinski definition) is 8. The van der Waals surface area contributed by atoms with Crippen LogP contribution in [0.5, 0.6) is 0 Å². The Bertz CT molecular complexity index is 680. The molecule has 1 saturated heterocycles. The summed E-state index contributed by atoms with van der Waals surface area (Å²) in [5.41, 5.74) is 0. The van der Waals surface area contributed by atoms with Crippen molar-refractivity contribution < 1.29 is 38.0 Å². The van der Waals surface area contributed by atoms with E-state index in [0.717, 1.165) is 25.7 Å². The molecule has 1 fully saturated rings. The van der Waals surface area contributed by atoms with E-state index in [9.17, 15) is 4.79 Å². The van der Waals surface area contributed by atoms with Gasteiger partial charge in [0.05, 0.1) is 12.2 Å². The van der Waals surface area contributed by atoms with Crippen molar-refractivity contribution in [3.05, 3.63) is 37.5 Å². The fraction of sp³-hybridized carbons (Fsp3) is 0.750. The zero-order valence-electron chi connectivity index (χ0n) is 23.2. The summed E-state index contributed by atoms with van der Waals surface area (Å²) in [6.07, 6.45) is 12.8. The molecule has 1 rings (SSSR count). The molecular formula is C28H48O8. The molecule has 208 valence electrons. The molecule has 0 amide bonds. The van der Waals surface area contributed by atoms with Gasteiger partial charge in [-0.15, -0.1) is 13.2 Å². The second-order valence-electron chi connectivity index (χ2n) is 9.34. The second kappa shape index (κ2) is 17.1. The molecule has 0 aromatic carbocycles. The molecule has 1 aliphatic heterocycles. The maximum absolute atomic E-state index is 12.6. The largest absolute Gasteiger partial charge is 0.460 e. The SMILES string of the molecule is C=CCCCCCCC[C@H](C)OC(=O)/C=C/[C@H]1O[C@@](C)(OC)[C@](C)(OC)O[C@H]1[C@@H](CC=C)OCOC. The minimum Gasteiger partial charge on any atom is -0.460 e. The van der Waals surface area contributed by atoms with Crippen molar-refractivity contribution in [1.29, 1.82) is 0 Å². The summed E-state index contributed by atoms with van der Waals surface area (Å²) in [7, 11) is 4.58. The van der Waals surface area contributed by atoms with Crippen molar-refractivity contribution in [2.45, 2.75) is 108 Å². The first-order chi connectivity index (χ1) is 17.2. The van der Waals surface area contributed by atoms with Crippen LogP contribution in [0.4, 0.5) is 0 Å². The standard InChI is InChI=1S/C28H48O8/c1-9-11-12-13-14-15-16-18-22(3)34-25(29)20-19-24-26(23(17-10-2)33-21-30-6)36-28(5,32-8)27(4,31-7)35-24/h9-10,19-20,22-24,26H,1-2,11-18,21H2,3-8H3/b20-19+/t22-,23+,24+,26-,27+,28+/m0/s1. The van der Waals surface area contributed by atoms with Crippen molar-refractivity contribution in [2.24, 2.45) is 0 Å². The molecule has 0 bridgehead atoms.